The van der Waals surface area contributed by atoms with Crippen molar-refractivity contribution in [3.63, 3.8) is 0 Å². The fraction of sp³-hybridized carbons (Fsp3) is 0.882. The number of rotatable bonds is 7. The molecule has 0 radical (unpaired) electrons. The number of primary amides is 1. The van der Waals surface area contributed by atoms with E-state index in [0.717, 1.165) is 25.7 Å². The third-order valence-corrected chi connectivity index (χ3v) is 5.40. The van der Waals surface area contributed by atoms with Crippen molar-refractivity contribution in [1.82, 2.24) is 0 Å². The Hall–Kier alpha value is -1.06. The predicted molar refractivity (Wildman–Crippen MR) is 83.3 cm³/mol. The number of carbonyl (C=O) groups excluding carboxylic acids is 2. The lowest BCUT2D eigenvalue weighted by atomic mass is 9.85. The average molecular weight is 297 g/mol. The van der Waals surface area contributed by atoms with Crippen LogP contribution in [0.3, 0.4) is 0 Å². The van der Waals surface area contributed by atoms with Gasteiger partial charge in [0.2, 0.25) is 5.91 Å². The molecule has 4 nitrogen and oxygen atoms in total. The lowest BCUT2D eigenvalue weighted by Crippen LogP contribution is -2.26. The number of hydrogen-bond acceptors (Lipinski definition) is 3. The lowest BCUT2D eigenvalue weighted by molar-refractivity contribution is -0.147. The van der Waals surface area contributed by atoms with Crippen molar-refractivity contribution in [2.75, 3.05) is 7.11 Å². The van der Waals surface area contributed by atoms with Gasteiger partial charge in [-0.25, -0.2) is 0 Å². The molecule has 0 spiro atoms. The van der Waals surface area contributed by atoms with Crippen molar-refractivity contribution >= 4 is 11.9 Å². The molecule has 0 aliphatic heterocycles. The molecule has 0 aromatic carbocycles. The van der Waals surface area contributed by atoms with Gasteiger partial charge in [-0.2, -0.15) is 0 Å². The third-order valence-electron chi connectivity index (χ3n) is 5.40. The molecular weight excluding hydrogens is 266 g/mol. The summed E-state index contributed by atoms with van der Waals surface area (Å²) in [4.78, 5) is 23.1. The Morgan fingerprint density at radius 3 is 2.29 bits per heavy atom. The monoisotopic (exact) mass is 297 g/mol. The molecule has 0 heterocycles. The molecule has 2 N–H and O–H groups in total. The maximum atomic E-state index is 11.9. The Morgan fingerprint density at radius 2 is 1.81 bits per heavy atom. The lowest BCUT2D eigenvalue weighted by Gasteiger charge is -2.20. The zero-order chi connectivity index (χ0) is 16.2. The van der Waals surface area contributed by atoms with E-state index < -0.39 is 0 Å². The van der Waals surface area contributed by atoms with Gasteiger partial charge in [-0.05, 0) is 42.9 Å². The van der Waals surface area contributed by atoms with Crippen LogP contribution in [0.5, 0.6) is 0 Å². The van der Waals surface area contributed by atoms with Crippen LogP contribution in [0.1, 0.15) is 53.4 Å². The molecule has 0 saturated heterocycles. The highest BCUT2D eigenvalue weighted by Gasteiger charge is 2.40. The van der Waals surface area contributed by atoms with Gasteiger partial charge in [0.1, 0.15) is 0 Å². The minimum atomic E-state index is -0.221. The molecule has 0 aromatic rings. The fourth-order valence-electron chi connectivity index (χ4n) is 3.60. The summed E-state index contributed by atoms with van der Waals surface area (Å²) < 4.78 is 4.96. The first-order valence-corrected chi connectivity index (χ1v) is 8.15. The normalized spacial score (nSPS) is 28.4. The van der Waals surface area contributed by atoms with Gasteiger partial charge in [0.25, 0.3) is 0 Å². The molecule has 1 amide bonds. The van der Waals surface area contributed by atoms with Crippen LogP contribution in [0.2, 0.25) is 0 Å². The zero-order valence-electron chi connectivity index (χ0n) is 14.1. The molecule has 1 fully saturated rings. The summed E-state index contributed by atoms with van der Waals surface area (Å²) in [6.07, 6.45) is 4.07. The first kappa shape index (κ1) is 18.0. The van der Waals surface area contributed by atoms with Gasteiger partial charge in [0.05, 0.1) is 13.0 Å². The van der Waals surface area contributed by atoms with Crippen LogP contribution in [-0.2, 0) is 14.3 Å². The number of nitrogens with two attached hydrogens (primary N) is 1. The van der Waals surface area contributed by atoms with Crippen LogP contribution in [0.25, 0.3) is 0 Å². The molecule has 21 heavy (non-hydrogen) atoms. The highest BCUT2D eigenvalue weighted by molar-refractivity contribution is 5.76. The van der Waals surface area contributed by atoms with E-state index in [1.165, 1.54) is 7.11 Å². The van der Waals surface area contributed by atoms with Crippen LogP contribution < -0.4 is 5.73 Å². The number of amides is 1. The molecule has 1 rings (SSSR count). The highest BCUT2D eigenvalue weighted by atomic mass is 16.5. The smallest absolute Gasteiger partial charge is 0.308 e. The maximum Gasteiger partial charge on any atom is 0.308 e. The van der Waals surface area contributed by atoms with Gasteiger partial charge in [-0.1, -0.05) is 34.1 Å². The Balaban J connectivity index is 2.54. The molecular formula is C17H31NO3. The molecule has 122 valence electrons. The number of esters is 1. The predicted octanol–water partition coefficient (Wildman–Crippen LogP) is 3.00. The van der Waals surface area contributed by atoms with Crippen LogP contribution in [0, 0.1) is 35.5 Å². The molecule has 1 aliphatic carbocycles. The van der Waals surface area contributed by atoms with Gasteiger partial charge in [-0.15, -0.1) is 0 Å². The zero-order valence-corrected chi connectivity index (χ0v) is 14.1. The number of ether oxygens (including phenoxy) is 1. The van der Waals surface area contributed by atoms with Gasteiger partial charge in [-0.3, -0.25) is 9.59 Å². The van der Waals surface area contributed by atoms with E-state index in [1.54, 1.807) is 0 Å². The van der Waals surface area contributed by atoms with Gasteiger partial charge >= 0.3 is 5.97 Å². The summed E-state index contributed by atoms with van der Waals surface area (Å²) >= 11 is 0. The quantitative estimate of drug-likeness (QED) is 0.734. The topological polar surface area (TPSA) is 69.4 Å². The van der Waals surface area contributed by atoms with E-state index in [-0.39, 0.29) is 23.7 Å². The summed E-state index contributed by atoms with van der Waals surface area (Å²) in [5.41, 5.74) is 5.36. The van der Waals surface area contributed by atoms with Crippen molar-refractivity contribution in [2.24, 2.45) is 41.2 Å². The van der Waals surface area contributed by atoms with Crippen molar-refractivity contribution in [2.45, 2.75) is 53.4 Å². The van der Waals surface area contributed by atoms with Gasteiger partial charge < -0.3 is 10.5 Å². The molecule has 0 aromatic heterocycles. The Morgan fingerprint density at radius 1 is 1.19 bits per heavy atom. The highest BCUT2D eigenvalue weighted by Crippen LogP contribution is 2.43. The first-order valence-electron chi connectivity index (χ1n) is 8.15. The third kappa shape index (κ3) is 4.72. The van der Waals surface area contributed by atoms with Crippen LogP contribution in [0.4, 0.5) is 0 Å². The summed E-state index contributed by atoms with van der Waals surface area (Å²) in [6, 6.07) is 0. The number of carbonyl (C=O) groups is 2. The molecule has 1 saturated carbocycles. The van der Waals surface area contributed by atoms with Gasteiger partial charge in [0, 0.05) is 5.92 Å². The van der Waals surface area contributed by atoms with Crippen molar-refractivity contribution in [1.29, 1.82) is 0 Å². The van der Waals surface area contributed by atoms with Crippen LogP contribution >= 0.6 is 0 Å². The largest absolute Gasteiger partial charge is 0.469 e. The van der Waals surface area contributed by atoms with Crippen molar-refractivity contribution < 1.29 is 14.3 Å². The minimum Gasteiger partial charge on any atom is -0.469 e. The van der Waals surface area contributed by atoms with E-state index in [1.807, 2.05) is 6.92 Å². The summed E-state index contributed by atoms with van der Waals surface area (Å²) in [7, 11) is 1.48. The maximum absolute atomic E-state index is 11.9. The summed E-state index contributed by atoms with van der Waals surface area (Å²) in [6.45, 7) is 8.35. The van der Waals surface area contributed by atoms with Crippen molar-refractivity contribution in [3.05, 3.63) is 0 Å². The van der Waals surface area contributed by atoms with Crippen LogP contribution in [0.15, 0.2) is 0 Å². The molecule has 5 unspecified atom stereocenters. The molecule has 4 heteroatoms. The van der Waals surface area contributed by atoms with Gasteiger partial charge in [0.15, 0.2) is 0 Å². The van der Waals surface area contributed by atoms with Crippen LogP contribution in [-0.4, -0.2) is 19.0 Å². The second-order valence-electron chi connectivity index (χ2n) is 7.12. The van der Waals surface area contributed by atoms with E-state index in [2.05, 4.69) is 20.8 Å². The Labute approximate surface area is 128 Å². The van der Waals surface area contributed by atoms with E-state index in [0.29, 0.717) is 23.7 Å². The number of methoxy groups -OCH3 is 1. The SMILES string of the molecule is COC(=O)C1CC(CCC(C)C(C)C(N)=O)CC1C(C)C. The van der Waals surface area contributed by atoms with Crippen molar-refractivity contribution in [3.8, 4) is 0 Å². The molecule has 1 aliphatic rings. The summed E-state index contributed by atoms with van der Waals surface area (Å²) in [5, 5.41) is 0. The van der Waals surface area contributed by atoms with E-state index in [4.69, 9.17) is 10.5 Å². The minimum absolute atomic E-state index is 0.0453. The fourth-order valence-corrected chi connectivity index (χ4v) is 3.60. The summed E-state index contributed by atoms with van der Waals surface area (Å²) in [5.74, 6) is 1.47. The first-order chi connectivity index (χ1) is 9.77. The second-order valence-corrected chi connectivity index (χ2v) is 7.12. The molecule has 0 bridgehead atoms. The molecule has 5 atom stereocenters. The standard InChI is InChI=1S/C17H31NO3/c1-10(2)14-8-13(9-15(14)17(20)21-5)7-6-11(3)12(4)16(18)19/h10-15H,6-9H2,1-5H3,(H2,18,19). The van der Waals surface area contributed by atoms with E-state index >= 15 is 0 Å². The second kappa shape index (κ2) is 7.81. The van der Waals surface area contributed by atoms with E-state index in [9.17, 15) is 9.59 Å². The Kier molecular flexibility index (Phi) is 6.69. The average Bonchev–Trinajstić information content (AvgIpc) is 2.87. The number of hydrogen-bond donors (Lipinski definition) is 1. The Bertz CT molecular complexity index is 367.